The van der Waals surface area contributed by atoms with Crippen molar-refractivity contribution in [3.8, 4) is 17.1 Å². The number of methoxy groups -OCH3 is 1. The third-order valence-corrected chi connectivity index (χ3v) is 5.68. The highest BCUT2D eigenvalue weighted by molar-refractivity contribution is 7.79. The monoisotopic (exact) mass is 430 g/mol. The van der Waals surface area contributed by atoms with Crippen molar-refractivity contribution in [2.24, 2.45) is 0 Å². The largest absolute Gasteiger partial charge is 0.480 e. The Kier molecular flexibility index (Phi) is 6.88. The Labute approximate surface area is 180 Å². The summed E-state index contributed by atoms with van der Waals surface area (Å²) in [6, 6.07) is 4.06. The van der Waals surface area contributed by atoms with Crippen molar-refractivity contribution >= 4 is 22.2 Å². The maximum Gasteiger partial charge on any atom is 0.222 e. The van der Waals surface area contributed by atoms with Crippen molar-refractivity contribution in [1.29, 1.82) is 0 Å². The maximum atomic E-state index is 11.4. The van der Waals surface area contributed by atoms with Crippen molar-refractivity contribution in [2.75, 3.05) is 20.0 Å². The van der Waals surface area contributed by atoms with E-state index in [-0.39, 0.29) is 6.04 Å². The van der Waals surface area contributed by atoms with Gasteiger partial charge in [0.2, 0.25) is 5.88 Å². The number of rotatable bonds is 8. The van der Waals surface area contributed by atoms with E-state index in [1.165, 1.54) is 6.26 Å². The molecule has 0 aliphatic carbocycles. The summed E-state index contributed by atoms with van der Waals surface area (Å²) in [6.45, 7) is 10.6. The first kappa shape index (κ1) is 22.4. The van der Waals surface area contributed by atoms with Gasteiger partial charge in [0.05, 0.1) is 36.7 Å². The van der Waals surface area contributed by atoms with Crippen molar-refractivity contribution < 1.29 is 13.1 Å². The molecule has 0 N–H and O–H groups in total. The van der Waals surface area contributed by atoms with E-state index in [1.54, 1.807) is 7.11 Å². The molecule has 3 aromatic rings. The number of nitrogens with zero attached hydrogens (tertiary/aromatic N) is 4. The summed E-state index contributed by atoms with van der Waals surface area (Å²) in [4.78, 5) is 14.5. The summed E-state index contributed by atoms with van der Waals surface area (Å²) < 4.78 is 24.4. The second-order valence-corrected chi connectivity index (χ2v) is 8.78. The van der Waals surface area contributed by atoms with E-state index in [0.29, 0.717) is 18.4 Å². The van der Waals surface area contributed by atoms with Gasteiger partial charge in [-0.25, -0.2) is 19.2 Å². The minimum atomic E-state index is -1.30. The first-order valence-corrected chi connectivity index (χ1v) is 11.6. The molecule has 30 heavy (non-hydrogen) atoms. The third-order valence-electron chi connectivity index (χ3n) is 5.22. The highest BCUT2D eigenvalue weighted by atomic mass is 32.2. The average molecular weight is 431 g/mol. The Morgan fingerprint density at radius 2 is 1.90 bits per heavy atom. The summed E-state index contributed by atoms with van der Waals surface area (Å²) >= 11 is -1.30. The SMILES string of the molecule is CC[C@@H](COS(C)=O)n1cc(C)c2nc(-c3ccc(C(C)C)nc3OC)c(C)nc21. The molecule has 0 saturated carbocycles. The predicted molar refractivity (Wildman–Crippen MR) is 120 cm³/mol. The van der Waals surface area contributed by atoms with E-state index < -0.39 is 11.1 Å². The third kappa shape index (κ3) is 4.39. The molecule has 0 bridgehead atoms. The van der Waals surface area contributed by atoms with Crippen LogP contribution in [0.25, 0.3) is 22.4 Å². The van der Waals surface area contributed by atoms with Gasteiger partial charge >= 0.3 is 0 Å². The zero-order chi connectivity index (χ0) is 22.0. The second kappa shape index (κ2) is 9.22. The Bertz CT molecular complexity index is 1080. The molecule has 0 aromatic carbocycles. The van der Waals surface area contributed by atoms with E-state index in [2.05, 4.69) is 30.3 Å². The van der Waals surface area contributed by atoms with Gasteiger partial charge in [-0.15, -0.1) is 0 Å². The molecule has 162 valence electrons. The van der Waals surface area contributed by atoms with Crippen molar-refractivity contribution in [2.45, 2.75) is 53.0 Å². The van der Waals surface area contributed by atoms with Gasteiger partial charge in [-0.05, 0) is 43.9 Å². The molecule has 3 rings (SSSR count). The number of aryl methyl sites for hydroxylation is 2. The molecular weight excluding hydrogens is 400 g/mol. The minimum absolute atomic E-state index is 0.0335. The van der Waals surface area contributed by atoms with E-state index in [9.17, 15) is 4.21 Å². The van der Waals surface area contributed by atoms with Crippen LogP contribution in [0.2, 0.25) is 0 Å². The minimum Gasteiger partial charge on any atom is -0.480 e. The lowest BCUT2D eigenvalue weighted by Crippen LogP contribution is -2.15. The molecule has 2 atom stereocenters. The first-order chi connectivity index (χ1) is 14.3. The van der Waals surface area contributed by atoms with Crippen LogP contribution in [-0.2, 0) is 15.3 Å². The zero-order valence-electron chi connectivity index (χ0n) is 18.7. The molecule has 0 aliphatic heterocycles. The number of hydrogen-bond donors (Lipinski definition) is 0. The molecule has 0 saturated heterocycles. The molecule has 3 heterocycles. The summed E-state index contributed by atoms with van der Waals surface area (Å²) in [7, 11) is 1.63. The number of fused-ring (bicyclic) bond motifs is 1. The van der Waals surface area contributed by atoms with E-state index in [0.717, 1.165) is 45.8 Å². The van der Waals surface area contributed by atoms with Gasteiger partial charge < -0.3 is 9.30 Å². The molecule has 8 heteroatoms. The molecule has 0 amide bonds. The van der Waals surface area contributed by atoms with Gasteiger partial charge in [0, 0.05) is 18.1 Å². The highest BCUT2D eigenvalue weighted by Gasteiger charge is 2.21. The lowest BCUT2D eigenvalue weighted by atomic mass is 10.1. The van der Waals surface area contributed by atoms with Gasteiger partial charge in [-0.2, -0.15) is 0 Å². The van der Waals surface area contributed by atoms with E-state index >= 15 is 0 Å². The Morgan fingerprint density at radius 1 is 1.17 bits per heavy atom. The summed E-state index contributed by atoms with van der Waals surface area (Å²) in [5.41, 5.74) is 6.04. The summed E-state index contributed by atoms with van der Waals surface area (Å²) in [6.07, 6.45) is 4.41. The fourth-order valence-corrected chi connectivity index (χ4v) is 3.85. The van der Waals surface area contributed by atoms with Crippen LogP contribution < -0.4 is 4.74 Å². The van der Waals surface area contributed by atoms with E-state index in [1.807, 2.05) is 32.2 Å². The summed E-state index contributed by atoms with van der Waals surface area (Å²) in [5, 5.41) is 0. The number of aromatic nitrogens is 4. The van der Waals surface area contributed by atoms with Crippen LogP contribution in [0.5, 0.6) is 5.88 Å². The van der Waals surface area contributed by atoms with Crippen LogP contribution in [-0.4, -0.2) is 43.7 Å². The van der Waals surface area contributed by atoms with Crippen LogP contribution in [0.4, 0.5) is 0 Å². The second-order valence-electron chi connectivity index (χ2n) is 7.74. The number of pyridine rings is 1. The molecule has 7 nitrogen and oxygen atoms in total. The fourth-order valence-electron chi connectivity index (χ4n) is 3.50. The Balaban J connectivity index is 2.11. The van der Waals surface area contributed by atoms with Crippen LogP contribution >= 0.6 is 0 Å². The quantitative estimate of drug-likeness (QED) is 0.523. The molecular formula is C22H30N4O3S. The van der Waals surface area contributed by atoms with Gasteiger partial charge in [-0.3, -0.25) is 4.18 Å². The highest BCUT2D eigenvalue weighted by Crippen LogP contribution is 2.33. The molecule has 0 aliphatic rings. The van der Waals surface area contributed by atoms with Crippen LogP contribution in [0.3, 0.4) is 0 Å². The van der Waals surface area contributed by atoms with Crippen molar-refractivity contribution in [1.82, 2.24) is 19.5 Å². The topological polar surface area (TPSA) is 79.1 Å². The number of ether oxygens (including phenoxy) is 1. The normalized spacial score (nSPS) is 13.7. The maximum absolute atomic E-state index is 11.4. The lowest BCUT2D eigenvalue weighted by molar-refractivity contribution is 0.271. The molecule has 1 unspecified atom stereocenters. The van der Waals surface area contributed by atoms with Crippen LogP contribution in [0, 0.1) is 13.8 Å². The molecule has 0 fully saturated rings. The van der Waals surface area contributed by atoms with Crippen LogP contribution in [0.15, 0.2) is 18.3 Å². The van der Waals surface area contributed by atoms with E-state index in [4.69, 9.17) is 18.9 Å². The first-order valence-electron chi connectivity index (χ1n) is 10.1. The Hall–Kier alpha value is -2.32. The van der Waals surface area contributed by atoms with Gasteiger partial charge in [0.25, 0.3) is 0 Å². The van der Waals surface area contributed by atoms with Gasteiger partial charge in [-0.1, -0.05) is 20.8 Å². The molecule has 0 spiro atoms. The molecule has 3 aromatic heterocycles. The van der Waals surface area contributed by atoms with Gasteiger partial charge in [0.15, 0.2) is 16.7 Å². The Morgan fingerprint density at radius 3 is 2.50 bits per heavy atom. The zero-order valence-corrected chi connectivity index (χ0v) is 19.5. The van der Waals surface area contributed by atoms with Crippen molar-refractivity contribution in [3.63, 3.8) is 0 Å². The van der Waals surface area contributed by atoms with Crippen molar-refractivity contribution in [3.05, 3.63) is 35.3 Å². The summed E-state index contributed by atoms with van der Waals surface area (Å²) in [5.74, 6) is 0.866. The average Bonchev–Trinajstić information content (AvgIpc) is 3.02. The smallest absolute Gasteiger partial charge is 0.222 e. The molecule has 0 radical (unpaired) electrons. The fraction of sp³-hybridized carbons (Fsp3) is 0.500. The lowest BCUT2D eigenvalue weighted by Gasteiger charge is -2.17. The number of hydrogen-bond acceptors (Lipinski definition) is 6. The predicted octanol–water partition coefficient (Wildman–Crippen LogP) is 4.50. The standard InChI is InChI=1S/C22H30N4O3S/c1-8-16(12-29-30(7)27)26-11-14(4)19-21(26)23-15(5)20(25-19)17-9-10-18(13(2)3)24-22(17)28-6/h9-11,13,16H,8,12H2,1-7H3/t16-,30?/m0/s1. The van der Waals surface area contributed by atoms with Gasteiger partial charge in [0.1, 0.15) is 5.52 Å². The van der Waals surface area contributed by atoms with Crippen LogP contribution in [0.1, 0.15) is 56.1 Å².